The molecule has 0 bridgehead atoms. The molecule has 2 aromatic heterocycles. The van der Waals surface area contributed by atoms with Crippen LogP contribution in [-0.2, 0) is 4.74 Å². The lowest BCUT2D eigenvalue weighted by Gasteiger charge is -2.30. The molecule has 2 atom stereocenters. The fourth-order valence-corrected chi connectivity index (χ4v) is 4.40. The molecule has 0 spiro atoms. The number of ether oxygens (including phenoxy) is 1. The van der Waals surface area contributed by atoms with Crippen molar-refractivity contribution in [3.8, 4) is 5.69 Å². The van der Waals surface area contributed by atoms with E-state index in [4.69, 9.17) is 17.0 Å². The summed E-state index contributed by atoms with van der Waals surface area (Å²) < 4.78 is 7.00. The predicted molar refractivity (Wildman–Crippen MR) is 124 cm³/mol. The third kappa shape index (κ3) is 4.18. The molecule has 1 aromatic carbocycles. The number of carbonyl (C=O) groups excluding carboxylic acids is 1. The Labute approximate surface area is 187 Å². The average molecular weight is 435 g/mol. The number of hydrogen-bond acceptors (Lipinski definition) is 4. The standard InChI is InChI=1S/C24H26N4O2S/c1-16(2)15-28-22(21(26-24(28)31)19-10-4-5-12-25-19)20-11-7-13-27(20)18-9-6-8-17(14-18)23(29)30-3/h4-14,16,21-22H,15H2,1-3H3,(H,26,31)/t21-,22-/m0/s1. The SMILES string of the molecule is COC(=O)c1cccc(-n2cccc2[C@H]2[C@H](c3ccccn3)NC(=S)N2CC(C)C)c1. The fraction of sp³-hybridized carbons (Fsp3) is 0.292. The lowest BCUT2D eigenvalue weighted by molar-refractivity contribution is 0.0600. The van der Waals surface area contributed by atoms with Gasteiger partial charge in [-0.3, -0.25) is 4.98 Å². The van der Waals surface area contributed by atoms with Crippen molar-refractivity contribution in [1.82, 2.24) is 19.8 Å². The topological polar surface area (TPSA) is 59.4 Å². The quantitative estimate of drug-likeness (QED) is 0.461. The number of methoxy groups -OCH3 is 1. The van der Waals surface area contributed by atoms with E-state index in [1.807, 2.05) is 48.7 Å². The minimum Gasteiger partial charge on any atom is -0.465 e. The first kappa shape index (κ1) is 21.1. The van der Waals surface area contributed by atoms with Crippen LogP contribution in [0.15, 0.2) is 67.0 Å². The number of aromatic nitrogens is 2. The summed E-state index contributed by atoms with van der Waals surface area (Å²) in [6, 6.07) is 17.4. The van der Waals surface area contributed by atoms with E-state index < -0.39 is 0 Å². The highest BCUT2D eigenvalue weighted by atomic mass is 32.1. The third-order valence-corrected chi connectivity index (χ3v) is 5.74. The molecular formula is C24H26N4O2S. The molecule has 1 aliphatic rings. The van der Waals surface area contributed by atoms with E-state index in [2.05, 4.69) is 39.7 Å². The minimum absolute atomic E-state index is 0.0402. The van der Waals surface area contributed by atoms with Gasteiger partial charge >= 0.3 is 5.97 Å². The van der Waals surface area contributed by atoms with Gasteiger partial charge in [0.25, 0.3) is 0 Å². The molecule has 31 heavy (non-hydrogen) atoms. The highest BCUT2D eigenvalue weighted by Crippen LogP contribution is 2.39. The summed E-state index contributed by atoms with van der Waals surface area (Å²) in [5.41, 5.74) is 3.42. The van der Waals surface area contributed by atoms with Gasteiger partial charge < -0.3 is 19.5 Å². The van der Waals surface area contributed by atoms with Crippen molar-refractivity contribution in [2.75, 3.05) is 13.7 Å². The predicted octanol–water partition coefficient (Wildman–Crippen LogP) is 4.29. The Morgan fingerprint density at radius 3 is 2.74 bits per heavy atom. The molecule has 160 valence electrons. The van der Waals surface area contributed by atoms with Crippen LogP contribution in [-0.4, -0.2) is 39.2 Å². The van der Waals surface area contributed by atoms with Crippen LogP contribution < -0.4 is 5.32 Å². The van der Waals surface area contributed by atoms with Crippen LogP contribution >= 0.6 is 12.2 Å². The van der Waals surface area contributed by atoms with E-state index in [1.54, 1.807) is 12.3 Å². The van der Waals surface area contributed by atoms with Crippen LogP contribution in [0.2, 0.25) is 0 Å². The molecule has 7 heteroatoms. The summed E-state index contributed by atoms with van der Waals surface area (Å²) in [4.78, 5) is 18.9. The molecule has 0 unspecified atom stereocenters. The Morgan fingerprint density at radius 1 is 1.19 bits per heavy atom. The summed E-state index contributed by atoms with van der Waals surface area (Å²) >= 11 is 5.73. The first-order chi connectivity index (χ1) is 15.0. The van der Waals surface area contributed by atoms with Crippen molar-refractivity contribution in [1.29, 1.82) is 0 Å². The summed E-state index contributed by atoms with van der Waals surface area (Å²) in [6.45, 7) is 5.20. The van der Waals surface area contributed by atoms with Gasteiger partial charge in [-0.05, 0) is 60.6 Å². The zero-order chi connectivity index (χ0) is 22.0. The number of rotatable bonds is 6. The van der Waals surface area contributed by atoms with Gasteiger partial charge in [0.1, 0.15) is 0 Å². The van der Waals surface area contributed by atoms with Crippen molar-refractivity contribution in [3.05, 3.63) is 83.9 Å². The Kier molecular flexibility index (Phi) is 6.04. The van der Waals surface area contributed by atoms with E-state index >= 15 is 0 Å². The summed E-state index contributed by atoms with van der Waals surface area (Å²) in [7, 11) is 1.39. The number of esters is 1. The van der Waals surface area contributed by atoms with Gasteiger partial charge in [0, 0.05) is 30.3 Å². The van der Waals surface area contributed by atoms with E-state index in [1.165, 1.54) is 7.11 Å². The molecule has 1 aliphatic heterocycles. The van der Waals surface area contributed by atoms with Crippen molar-refractivity contribution < 1.29 is 9.53 Å². The Balaban J connectivity index is 1.80. The van der Waals surface area contributed by atoms with Gasteiger partial charge in [-0.2, -0.15) is 0 Å². The summed E-state index contributed by atoms with van der Waals surface area (Å²) in [5, 5.41) is 4.22. The summed E-state index contributed by atoms with van der Waals surface area (Å²) in [6.07, 6.45) is 3.82. The number of pyridine rings is 1. The van der Waals surface area contributed by atoms with Crippen molar-refractivity contribution in [2.24, 2.45) is 5.92 Å². The Morgan fingerprint density at radius 2 is 2.03 bits per heavy atom. The van der Waals surface area contributed by atoms with Gasteiger partial charge in [0.2, 0.25) is 0 Å². The van der Waals surface area contributed by atoms with Crippen LogP contribution in [0.1, 0.15) is 47.7 Å². The van der Waals surface area contributed by atoms with Gasteiger partial charge in [0.15, 0.2) is 5.11 Å². The molecule has 1 fully saturated rings. The lowest BCUT2D eigenvalue weighted by atomic mass is 10.0. The lowest BCUT2D eigenvalue weighted by Crippen LogP contribution is -2.33. The highest BCUT2D eigenvalue weighted by Gasteiger charge is 2.41. The smallest absolute Gasteiger partial charge is 0.337 e. The van der Waals surface area contributed by atoms with Gasteiger partial charge in [-0.1, -0.05) is 26.0 Å². The molecule has 0 amide bonds. The molecule has 3 aromatic rings. The maximum absolute atomic E-state index is 12.1. The first-order valence-electron chi connectivity index (χ1n) is 10.3. The Bertz CT molecular complexity index is 1080. The highest BCUT2D eigenvalue weighted by molar-refractivity contribution is 7.80. The minimum atomic E-state index is -0.355. The zero-order valence-electron chi connectivity index (χ0n) is 17.9. The molecule has 3 heterocycles. The zero-order valence-corrected chi connectivity index (χ0v) is 18.7. The Hall–Kier alpha value is -3.19. The molecule has 0 aliphatic carbocycles. The van der Waals surface area contributed by atoms with Crippen molar-refractivity contribution >= 4 is 23.3 Å². The third-order valence-electron chi connectivity index (χ3n) is 5.39. The number of carbonyl (C=O) groups is 1. The second-order valence-electron chi connectivity index (χ2n) is 8.02. The first-order valence-corrected chi connectivity index (χ1v) is 10.7. The van der Waals surface area contributed by atoms with E-state index in [9.17, 15) is 4.79 Å². The number of nitrogens with one attached hydrogen (secondary N) is 1. The van der Waals surface area contributed by atoms with Crippen molar-refractivity contribution in [2.45, 2.75) is 25.9 Å². The van der Waals surface area contributed by atoms with Gasteiger partial charge in [-0.15, -0.1) is 0 Å². The molecular weight excluding hydrogens is 408 g/mol. The molecule has 4 rings (SSSR count). The number of nitrogens with zero attached hydrogens (tertiary/aromatic N) is 3. The van der Waals surface area contributed by atoms with Gasteiger partial charge in [0.05, 0.1) is 30.5 Å². The van der Waals surface area contributed by atoms with Crippen LogP contribution in [0, 0.1) is 5.92 Å². The number of benzene rings is 1. The second kappa shape index (κ2) is 8.89. The molecule has 6 nitrogen and oxygen atoms in total. The molecule has 0 radical (unpaired) electrons. The van der Waals surface area contributed by atoms with Crippen LogP contribution in [0.3, 0.4) is 0 Å². The monoisotopic (exact) mass is 434 g/mol. The number of hydrogen-bond donors (Lipinski definition) is 1. The van der Waals surface area contributed by atoms with Crippen LogP contribution in [0.25, 0.3) is 5.69 Å². The second-order valence-corrected chi connectivity index (χ2v) is 8.40. The molecule has 0 saturated carbocycles. The van der Waals surface area contributed by atoms with Crippen LogP contribution in [0.4, 0.5) is 0 Å². The molecule has 1 saturated heterocycles. The maximum atomic E-state index is 12.1. The van der Waals surface area contributed by atoms with E-state index in [0.29, 0.717) is 11.5 Å². The van der Waals surface area contributed by atoms with Crippen LogP contribution in [0.5, 0.6) is 0 Å². The number of thiocarbonyl (C=S) groups is 1. The largest absolute Gasteiger partial charge is 0.465 e. The fourth-order valence-electron chi connectivity index (χ4n) is 4.09. The summed E-state index contributed by atoms with van der Waals surface area (Å²) in [5.74, 6) is 0.0860. The van der Waals surface area contributed by atoms with Gasteiger partial charge in [-0.25, -0.2) is 4.79 Å². The average Bonchev–Trinajstić information content (AvgIpc) is 3.38. The van der Waals surface area contributed by atoms with E-state index in [0.717, 1.165) is 28.7 Å². The van der Waals surface area contributed by atoms with E-state index in [-0.39, 0.29) is 18.1 Å². The normalized spacial score (nSPS) is 18.3. The molecule has 1 N–H and O–H groups in total. The van der Waals surface area contributed by atoms with Crippen molar-refractivity contribution in [3.63, 3.8) is 0 Å². The maximum Gasteiger partial charge on any atom is 0.337 e.